The number of benzene rings is 3. The molecule has 4 N–H and O–H groups in total. The van der Waals surface area contributed by atoms with Crippen molar-refractivity contribution in [2.75, 3.05) is 13.2 Å². The minimum Gasteiger partial charge on any atom is -0.463 e. The van der Waals surface area contributed by atoms with Gasteiger partial charge in [-0.15, -0.1) is 0 Å². The highest BCUT2D eigenvalue weighted by molar-refractivity contribution is 5.87. The number of rotatable bonds is 10. The van der Waals surface area contributed by atoms with Gasteiger partial charge in [0, 0.05) is 23.5 Å². The van der Waals surface area contributed by atoms with Crippen molar-refractivity contribution in [1.29, 1.82) is 0 Å². The molecule has 1 aromatic heterocycles. The number of aliphatic hydroxyl groups excluding tert-OH is 1. The van der Waals surface area contributed by atoms with E-state index < -0.39 is 18.0 Å². The fraction of sp³-hybridized carbons (Fsp3) is 0.359. The van der Waals surface area contributed by atoms with Gasteiger partial charge in [-0.1, -0.05) is 91.0 Å². The molecule has 4 aromatic rings. The molecule has 0 spiro atoms. The summed E-state index contributed by atoms with van der Waals surface area (Å²) in [6, 6.07) is 26.6. The molecule has 8 heteroatoms. The first-order chi connectivity index (χ1) is 23.0. The zero-order chi connectivity index (χ0) is 32.8. The number of aromatic nitrogens is 1. The molecular weight excluding hydrogens is 590 g/mol. The highest BCUT2D eigenvalue weighted by atomic mass is 16.5. The zero-order valence-electron chi connectivity index (χ0n) is 26.8. The maximum absolute atomic E-state index is 13.8. The van der Waals surface area contributed by atoms with Crippen LogP contribution in [0.25, 0.3) is 10.9 Å². The highest BCUT2D eigenvalue weighted by Gasteiger charge is 2.27. The van der Waals surface area contributed by atoms with Gasteiger partial charge in [-0.2, -0.15) is 0 Å². The molecule has 0 saturated heterocycles. The summed E-state index contributed by atoms with van der Waals surface area (Å²) in [5.41, 5.74) is 4.09. The number of cyclic esters (lactones) is 1. The van der Waals surface area contributed by atoms with Gasteiger partial charge in [0.1, 0.15) is 6.61 Å². The van der Waals surface area contributed by atoms with Crippen molar-refractivity contribution in [2.24, 2.45) is 11.8 Å². The lowest BCUT2D eigenvalue weighted by atomic mass is 9.93. The predicted molar refractivity (Wildman–Crippen MR) is 183 cm³/mol. The summed E-state index contributed by atoms with van der Waals surface area (Å²) in [4.78, 5) is 43.8. The number of hydrogen-bond donors (Lipinski definition) is 4. The molecule has 0 fully saturated rings. The van der Waals surface area contributed by atoms with Gasteiger partial charge < -0.3 is 25.5 Å². The molecule has 0 aliphatic carbocycles. The Hall–Kier alpha value is -4.69. The van der Waals surface area contributed by atoms with Gasteiger partial charge in [0.05, 0.1) is 30.5 Å². The first-order valence-corrected chi connectivity index (χ1v) is 16.6. The van der Waals surface area contributed by atoms with E-state index in [1.54, 1.807) is 0 Å². The molecule has 1 aliphatic rings. The maximum Gasteiger partial charge on any atom is 0.309 e. The lowest BCUT2D eigenvalue weighted by Gasteiger charge is -2.24. The zero-order valence-corrected chi connectivity index (χ0v) is 26.8. The van der Waals surface area contributed by atoms with Crippen molar-refractivity contribution < 1.29 is 24.2 Å². The van der Waals surface area contributed by atoms with Crippen molar-refractivity contribution in [3.63, 3.8) is 0 Å². The van der Waals surface area contributed by atoms with E-state index in [1.807, 2.05) is 103 Å². The Bertz CT molecular complexity index is 1620. The van der Waals surface area contributed by atoms with Crippen LogP contribution >= 0.6 is 0 Å². The normalized spacial score (nSPS) is 20.1. The number of para-hydroxylation sites is 1. The molecule has 0 bridgehead atoms. The number of carbonyl (C=O) groups is 3. The Morgan fingerprint density at radius 3 is 2.38 bits per heavy atom. The fourth-order valence-electron chi connectivity index (χ4n) is 6.25. The van der Waals surface area contributed by atoms with Crippen LogP contribution in [0.3, 0.4) is 0 Å². The summed E-state index contributed by atoms with van der Waals surface area (Å²) in [6.45, 7) is -0.186. The number of hydrogen-bond acceptors (Lipinski definition) is 5. The van der Waals surface area contributed by atoms with Gasteiger partial charge in [0.2, 0.25) is 11.8 Å². The Morgan fingerprint density at radius 1 is 0.894 bits per heavy atom. The Balaban J connectivity index is 1.32. The van der Waals surface area contributed by atoms with E-state index in [2.05, 4.69) is 15.6 Å². The van der Waals surface area contributed by atoms with E-state index in [-0.39, 0.29) is 43.3 Å². The van der Waals surface area contributed by atoms with Crippen LogP contribution in [-0.4, -0.2) is 53.2 Å². The summed E-state index contributed by atoms with van der Waals surface area (Å²) in [6.07, 6.45) is 10.1. The number of nitrogens with one attached hydrogen (secondary N) is 3. The van der Waals surface area contributed by atoms with Crippen LogP contribution in [0, 0.1) is 11.8 Å². The van der Waals surface area contributed by atoms with Crippen LogP contribution in [-0.2, 0) is 38.4 Å². The summed E-state index contributed by atoms with van der Waals surface area (Å²) in [5.74, 6) is -1.75. The Morgan fingerprint density at radius 2 is 1.62 bits per heavy atom. The van der Waals surface area contributed by atoms with Crippen molar-refractivity contribution in [3.05, 3.63) is 120 Å². The molecule has 2 amide bonds. The Labute approximate surface area is 276 Å². The molecular formula is C39H45N3O5. The van der Waals surface area contributed by atoms with Gasteiger partial charge in [0.15, 0.2) is 0 Å². The second-order valence-electron chi connectivity index (χ2n) is 12.5. The molecule has 246 valence electrons. The molecule has 4 atom stereocenters. The minimum absolute atomic E-state index is 0.0216. The fourth-order valence-corrected chi connectivity index (χ4v) is 6.25. The second kappa shape index (κ2) is 17.3. The maximum atomic E-state index is 13.8. The van der Waals surface area contributed by atoms with Crippen LogP contribution in [0.1, 0.15) is 48.8 Å². The molecule has 8 nitrogen and oxygen atoms in total. The van der Waals surface area contributed by atoms with E-state index in [1.165, 1.54) is 0 Å². The number of aliphatic hydroxyl groups is 1. The number of amides is 2. The van der Waals surface area contributed by atoms with E-state index >= 15 is 0 Å². The van der Waals surface area contributed by atoms with Crippen molar-refractivity contribution >= 4 is 28.7 Å². The number of esters is 1. The van der Waals surface area contributed by atoms with Gasteiger partial charge in [-0.05, 0) is 67.7 Å². The number of aromatic amines is 1. The summed E-state index contributed by atoms with van der Waals surface area (Å²) in [7, 11) is 0. The van der Waals surface area contributed by atoms with E-state index in [0.717, 1.165) is 40.4 Å². The molecule has 0 radical (unpaired) electrons. The lowest BCUT2D eigenvalue weighted by Crippen LogP contribution is -2.45. The standard InChI is InChI=1S/C39H45N3O5/c43-26-33(22-29-15-7-4-8-16-29)41-37(44)24-30-17-9-1-2-10-18-31(21-28-13-5-3-6-14-28)39(46)47-27-34(42-38(30)45)23-32-25-40-36-20-12-11-19-35(32)36/h1,3-9,11-16,19-20,25,30-31,33-34,40,43H,2,10,17-18,21-24,26-27H2,(H,41,44)(H,42,45)/t30-,31-,33-,34+/m1/s1. The average molecular weight is 636 g/mol. The van der Waals surface area contributed by atoms with Crippen LogP contribution in [0.15, 0.2) is 103 Å². The van der Waals surface area contributed by atoms with E-state index in [9.17, 15) is 19.5 Å². The summed E-state index contributed by atoms with van der Waals surface area (Å²) >= 11 is 0. The first-order valence-electron chi connectivity index (χ1n) is 16.6. The average Bonchev–Trinajstić information content (AvgIpc) is 3.50. The van der Waals surface area contributed by atoms with Gasteiger partial charge in [-0.3, -0.25) is 14.4 Å². The SMILES string of the molecule is O=C(C[C@H]1CC=CCCC[C@H](Cc2ccccc2)C(=O)OC[C@H](Cc2c[nH]c3ccccc23)NC1=O)N[C@@H](CO)Cc1ccccc1. The van der Waals surface area contributed by atoms with Gasteiger partial charge in [0.25, 0.3) is 0 Å². The molecule has 0 unspecified atom stereocenters. The smallest absolute Gasteiger partial charge is 0.309 e. The van der Waals surface area contributed by atoms with Crippen LogP contribution in [0.2, 0.25) is 0 Å². The number of H-pyrrole nitrogens is 1. The summed E-state index contributed by atoms with van der Waals surface area (Å²) < 4.78 is 5.94. The number of carbonyl (C=O) groups excluding carboxylic acids is 3. The molecule has 5 rings (SSSR count). The van der Waals surface area contributed by atoms with Crippen LogP contribution < -0.4 is 10.6 Å². The van der Waals surface area contributed by atoms with Crippen molar-refractivity contribution in [2.45, 2.75) is 63.5 Å². The van der Waals surface area contributed by atoms with Crippen molar-refractivity contribution in [3.8, 4) is 0 Å². The molecule has 3 aromatic carbocycles. The van der Waals surface area contributed by atoms with Crippen LogP contribution in [0.4, 0.5) is 0 Å². The third-order valence-corrected chi connectivity index (χ3v) is 8.80. The van der Waals surface area contributed by atoms with Crippen LogP contribution in [0.5, 0.6) is 0 Å². The van der Waals surface area contributed by atoms with Crippen molar-refractivity contribution in [1.82, 2.24) is 15.6 Å². The number of ether oxygens (including phenoxy) is 1. The van der Waals surface area contributed by atoms with E-state index in [0.29, 0.717) is 32.1 Å². The molecule has 2 heterocycles. The predicted octanol–water partition coefficient (Wildman–Crippen LogP) is 5.45. The molecule has 47 heavy (non-hydrogen) atoms. The molecule has 0 saturated carbocycles. The van der Waals surface area contributed by atoms with Gasteiger partial charge in [-0.25, -0.2) is 0 Å². The largest absolute Gasteiger partial charge is 0.463 e. The monoisotopic (exact) mass is 635 g/mol. The minimum atomic E-state index is -0.628. The number of allylic oxidation sites excluding steroid dienone is 2. The topological polar surface area (TPSA) is 121 Å². The van der Waals surface area contributed by atoms with E-state index in [4.69, 9.17) is 4.74 Å². The second-order valence-corrected chi connectivity index (χ2v) is 12.5. The third-order valence-electron chi connectivity index (χ3n) is 8.80. The lowest BCUT2D eigenvalue weighted by molar-refractivity contribution is -0.150. The summed E-state index contributed by atoms with van der Waals surface area (Å²) in [5, 5.41) is 17.0. The Kier molecular flexibility index (Phi) is 12.4. The third kappa shape index (κ3) is 10.1. The first kappa shape index (κ1) is 33.7. The quantitative estimate of drug-likeness (QED) is 0.136. The highest BCUT2D eigenvalue weighted by Crippen LogP contribution is 2.22. The molecule has 1 aliphatic heterocycles. The number of fused-ring (bicyclic) bond motifs is 1. The van der Waals surface area contributed by atoms with Gasteiger partial charge >= 0.3 is 5.97 Å².